The third kappa shape index (κ3) is 4.10. The molecule has 2 atom stereocenters. The fourth-order valence-corrected chi connectivity index (χ4v) is 5.47. The second kappa shape index (κ2) is 8.69. The molecule has 4 aromatic rings. The normalized spacial score (nSPS) is 19.6. The molecular weight excluding hydrogens is 467 g/mol. The lowest BCUT2D eigenvalue weighted by Crippen LogP contribution is -2.19. The Hall–Kier alpha value is -4.26. The van der Waals surface area contributed by atoms with E-state index in [-0.39, 0.29) is 28.8 Å². The molecule has 186 valence electrons. The fourth-order valence-electron chi connectivity index (χ4n) is 5.47. The zero-order chi connectivity index (χ0) is 25.7. The molecular formula is C30H27FN4O2. The number of aromatic nitrogens is 2. The van der Waals surface area contributed by atoms with Crippen LogP contribution in [-0.2, 0) is 12.8 Å². The van der Waals surface area contributed by atoms with Gasteiger partial charge in [0.25, 0.3) is 5.91 Å². The van der Waals surface area contributed by atoms with Gasteiger partial charge in [0, 0.05) is 34.6 Å². The number of anilines is 3. The summed E-state index contributed by atoms with van der Waals surface area (Å²) in [7, 11) is 0. The Balaban J connectivity index is 1.37. The smallest absolute Gasteiger partial charge is 0.257 e. The lowest BCUT2D eigenvalue weighted by molar-refractivity contribution is 0.0940. The standard InChI is InChI=1S/C30H27FN4O2/c1-3-17-13-19(31)9-10-21(17)29(37)35-24-14-18(11-12-32-24)26-27(33-20-7-5-4-6-8-20)25-23(34-26)16-30(2)15-22(30)28(25)36/h4-14,22,33-34H,3,15-16H2,1-2H3,(H,32,35,37)/t22-,30+/m0/s1. The van der Waals surface area contributed by atoms with Crippen LogP contribution >= 0.6 is 0 Å². The number of amides is 1. The van der Waals surface area contributed by atoms with Gasteiger partial charge in [0.05, 0.1) is 16.9 Å². The molecule has 1 saturated carbocycles. The van der Waals surface area contributed by atoms with Crippen LogP contribution in [-0.4, -0.2) is 21.7 Å². The Morgan fingerprint density at radius 2 is 1.97 bits per heavy atom. The van der Waals surface area contributed by atoms with Crippen LogP contribution in [0.3, 0.4) is 0 Å². The molecule has 2 aliphatic carbocycles. The predicted octanol–water partition coefficient (Wildman–Crippen LogP) is 6.54. The van der Waals surface area contributed by atoms with E-state index < -0.39 is 0 Å². The molecule has 0 aliphatic heterocycles. The highest BCUT2D eigenvalue weighted by Gasteiger charge is 2.58. The van der Waals surface area contributed by atoms with Crippen molar-refractivity contribution in [3.63, 3.8) is 0 Å². The number of para-hydroxylation sites is 1. The van der Waals surface area contributed by atoms with E-state index in [1.807, 2.05) is 43.3 Å². The summed E-state index contributed by atoms with van der Waals surface area (Å²) in [6.07, 6.45) is 3.90. The average Bonchev–Trinajstić information content (AvgIpc) is 3.46. The van der Waals surface area contributed by atoms with E-state index in [4.69, 9.17) is 0 Å². The second-order valence-electron chi connectivity index (χ2n) is 10.2. The van der Waals surface area contributed by atoms with Crippen molar-refractivity contribution in [2.45, 2.75) is 33.1 Å². The minimum Gasteiger partial charge on any atom is -0.356 e. The first-order chi connectivity index (χ1) is 17.9. The Kier molecular flexibility index (Phi) is 5.44. The third-order valence-corrected chi connectivity index (χ3v) is 7.60. The van der Waals surface area contributed by atoms with Gasteiger partial charge in [-0.15, -0.1) is 0 Å². The minimum atomic E-state index is -0.372. The molecule has 0 spiro atoms. The number of rotatable bonds is 6. The summed E-state index contributed by atoms with van der Waals surface area (Å²) >= 11 is 0. The van der Waals surface area contributed by atoms with Gasteiger partial charge in [-0.2, -0.15) is 0 Å². The maximum absolute atomic E-state index is 13.7. The number of nitrogens with one attached hydrogen (secondary N) is 3. The summed E-state index contributed by atoms with van der Waals surface area (Å²) in [5.74, 6) is -0.110. The Morgan fingerprint density at radius 1 is 1.16 bits per heavy atom. The maximum Gasteiger partial charge on any atom is 0.257 e. The molecule has 2 aromatic carbocycles. The molecule has 7 heteroatoms. The van der Waals surface area contributed by atoms with Gasteiger partial charge in [0.2, 0.25) is 0 Å². The van der Waals surface area contributed by atoms with Crippen molar-refractivity contribution >= 4 is 28.9 Å². The molecule has 2 aromatic heterocycles. The van der Waals surface area contributed by atoms with Gasteiger partial charge in [-0.1, -0.05) is 32.0 Å². The summed E-state index contributed by atoms with van der Waals surface area (Å²) in [6, 6.07) is 17.6. The van der Waals surface area contributed by atoms with Crippen LogP contribution in [0.4, 0.5) is 21.6 Å². The van der Waals surface area contributed by atoms with Crippen molar-refractivity contribution in [2.75, 3.05) is 10.6 Å². The number of fused-ring (bicyclic) bond motifs is 2. The van der Waals surface area contributed by atoms with Crippen molar-refractivity contribution in [1.82, 2.24) is 9.97 Å². The van der Waals surface area contributed by atoms with Crippen LogP contribution in [0.2, 0.25) is 0 Å². The summed E-state index contributed by atoms with van der Waals surface area (Å²) in [5, 5.41) is 6.32. The quantitative estimate of drug-likeness (QED) is 0.284. The number of aromatic amines is 1. The number of nitrogens with zero attached hydrogens (tertiary/aromatic N) is 1. The van der Waals surface area contributed by atoms with Gasteiger partial charge in [-0.25, -0.2) is 9.37 Å². The van der Waals surface area contributed by atoms with Gasteiger partial charge < -0.3 is 15.6 Å². The lowest BCUT2D eigenvalue weighted by atomic mass is 9.87. The molecule has 2 aliphatic rings. The van der Waals surface area contributed by atoms with E-state index in [1.54, 1.807) is 12.3 Å². The molecule has 0 radical (unpaired) electrons. The van der Waals surface area contributed by atoms with Crippen LogP contribution in [0.1, 0.15) is 52.2 Å². The molecule has 2 heterocycles. The molecule has 0 bridgehead atoms. The van der Waals surface area contributed by atoms with Gasteiger partial charge in [0.1, 0.15) is 11.6 Å². The van der Waals surface area contributed by atoms with Crippen molar-refractivity contribution in [2.24, 2.45) is 11.3 Å². The number of ketones is 1. The molecule has 1 fully saturated rings. The lowest BCUT2D eigenvalue weighted by Gasteiger charge is -2.18. The summed E-state index contributed by atoms with van der Waals surface area (Å²) < 4.78 is 13.7. The Labute approximate surface area is 214 Å². The average molecular weight is 495 g/mol. The largest absolute Gasteiger partial charge is 0.356 e. The number of carbonyl (C=O) groups is 2. The van der Waals surface area contributed by atoms with Crippen molar-refractivity contribution in [3.8, 4) is 11.3 Å². The second-order valence-corrected chi connectivity index (χ2v) is 10.2. The highest BCUT2D eigenvalue weighted by atomic mass is 19.1. The van der Waals surface area contributed by atoms with Crippen molar-refractivity contribution in [3.05, 3.63) is 95.1 Å². The highest BCUT2D eigenvalue weighted by Crippen LogP contribution is 2.60. The van der Waals surface area contributed by atoms with E-state index in [9.17, 15) is 14.0 Å². The maximum atomic E-state index is 13.7. The molecule has 6 rings (SSSR count). The van der Waals surface area contributed by atoms with Crippen LogP contribution < -0.4 is 10.6 Å². The number of benzene rings is 2. The van der Waals surface area contributed by atoms with Crippen LogP contribution in [0, 0.1) is 17.2 Å². The number of H-pyrrole nitrogens is 1. The van der Waals surface area contributed by atoms with Gasteiger partial charge in [-0.05, 0) is 72.7 Å². The number of carbonyl (C=O) groups excluding carboxylic acids is 2. The third-order valence-electron chi connectivity index (χ3n) is 7.60. The zero-order valence-electron chi connectivity index (χ0n) is 20.7. The monoisotopic (exact) mass is 494 g/mol. The molecule has 1 amide bonds. The first kappa shape index (κ1) is 23.2. The van der Waals surface area contributed by atoms with Gasteiger partial charge in [0.15, 0.2) is 5.78 Å². The summed E-state index contributed by atoms with van der Waals surface area (Å²) in [4.78, 5) is 34.3. The van der Waals surface area contributed by atoms with E-state index >= 15 is 0 Å². The molecule has 3 N–H and O–H groups in total. The molecule has 37 heavy (non-hydrogen) atoms. The number of Topliss-reactive ketones (excluding diaryl/α,β-unsaturated/α-hetero) is 1. The SMILES string of the molecule is CCc1cc(F)ccc1C(=O)Nc1cc(-c2[nH]c3c(c2Nc2ccccc2)C(=O)[C@@H]2C[C@]2(C)C3)ccn1. The first-order valence-electron chi connectivity index (χ1n) is 12.5. The van der Waals surface area contributed by atoms with E-state index in [2.05, 4.69) is 27.5 Å². The number of halogens is 1. The van der Waals surface area contributed by atoms with Crippen molar-refractivity contribution in [1.29, 1.82) is 0 Å². The van der Waals surface area contributed by atoms with Gasteiger partial charge >= 0.3 is 0 Å². The zero-order valence-corrected chi connectivity index (χ0v) is 20.7. The number of hydrogen-bond acceptors (Lipinski definition) is 4. The number of pyridine rings is 1. The number of aryl methyl sites for hydroxylation is 1. The van der Waals surface area contributed by atoms with E-state index in [1.165, 1.54) is 18.2 Å². The van der Waals surface area contributed by atoms with E-state index in [0.717, 1.165) is 46.7 Å². The Morgan fingerprint density at radius 3 is 2.76 bits per heavy atom. The summed E-state index contributed by atoms with van der Waals surface area (Å²) in [6.45, 7) is 4.05. The first-order valence-corrected chi connectivity index (χ1v) is 12.5. The van der Waals surface area contributed by atoms with Crippen LogP contribution in [0.5, 0.6) is 0 Å². The topological polar surface area (TPSA) is 86.9 Å². The molecule has 0 saturated heterocycles. The van der Waals surface area contributed by atoms with Crippen molar-refractivity contribution < 1.29 is 14.0 Å². The van der Waals surface area contributed by atoms with E-state index in [0.29, 0.717) is 23.4 Å². The minimum absolute atomic E-state index is 0.0275. The fraction of sp³-hybridized carbons (Fsp3) is 0.233. The summed E-state index contributed by atoms with van der Waals surface area (Å²) in [5.41, 5.74) is 5.93. The van der Waals surface area contributed by atoms with Gasteiger partial charge in [-0.3, -0.25) is 9.59 Å². The Bertz CT molecular complexity index is 1540. The highest BCUT2D eigenvalue weighted by molar-refractivity contribution is 6.10. The van der Waals surface area contributed by atoms with Crippen LogP contribution in [0.25, 0.3) is 11.3 Å². The number of hydrogen-bond donors (Lipinski definition) is 3. The van der Waals surface area contributed by atoms with Crippen LogP contribution in [0.15, 0.2) is 66.9 Å². The predicted molar refractivity (Wildman–Crippen MR) is 142 cm³/mol. The molecule has 0 unspecified atom stereocenters. The molecule has 6 nitrogen and oxygen atoms in total.